The molecule has 4 heteroatoms. The van der Waals surface area contributed by atoms with Crippen LogP contribution in [0.4, 0.5) is 5.69 Å². The monoisotopic (exact) mass is 258 g/mol. The van der Waals surface area contributed by atoms with Crippen LogP contribution in [0.3, 0.4) is 0 Å². The molecule has 2 rings (SSSR count). The van der Waals surface area contributed by atoms with Gasteiger partial charge in [-0.1, -0.05) is 17.7 Å². The van der Waals surface area contributed by atoms with Crippen molar-refractivity contribution in [1.82, 2.24) is 4.98 Å². The van der Waals surface area contributed by atoms with Crippen molar-refractivity contribution in [2.45, 2.75) is 13.8 Å². The second-order valence-electron chi connectivity index (χ2n) is 3.98. The fraction of sp³-hybridized carbons (Fsp3) is 0.143. The van der Waals surface area contributed by atoms with E-state index in [1.165, 1.54) is 11.6 Å². The molecule has 0 unspecified atom stereocenters. The minimum atomic E-state index is -0.149. The van der Waals surface area contributed by atoms with E-state index in [-0.39, 0.29) is 5.91 Å². The van der Waals surface area contributed by atoms with E-state index in [0.29, 0.717) is 0 Å². The molecule has 92 valence electrons. The molecule has 0 fully saturated rings. The Labute approximate surface area is 110 Å². The molecule has 1 heterocycles. The topological polar surface area (TPSA) is 42.0 Å². The molecule has 0 aliphatic carbocycles. The summed E-state index contributed by atoms with van der Waals surface area (Å²) in [6, 6.07) is 7.69. The lowest BCUT2D eigenvalue weighted by Crippen LogP contribution is -2.07. The minimum Gasteiger partial charge on any atom is -0.323 e. The molecule has 0 radical (unpaired) electrons. The maximum absolute atomic E-state index is 11.7. The fourth-order valence-corrected chi connectivity index (χ4v) is 2.02. The Morgan fingerprint density at radius 3 is 2.61 bits per heavy atom. The van der Waals surface area contributed by atoms with Gasteiger partial charge in [-0.3, -0.25) is 4.79 Å². The zero-order valence-corrected chi connectivity index (χ0v) is 11.1. The van der Waals surface area contributed by atoms with Gasteiger partial charge in [0.15, 0.2) is 0 Å². The lowest BCUT2D eigenvalue weighted by molar-refractivity contribution is -0.111. The van der Waals surface area contributed by atoms with E-state index in [2.05, 4.69) is 10.3 Å². The van der Waals surface area contributed by atoms with Crippen LogP contribution in [0.5, 0.6) is 0 Å². The number of amides is 1. The number of rotatable bonds is 3. The Kier molecular flexibility index (Phi) is 3.89. The van der Waals surface area contributed by atoms with Crippen molar-refractivity contribution >= 4 is 29.0 Å². The fourth-order valence-electron chi connectivity index (χ4n) is 1.44. The predicted octanol–water partition coefficient (Wildman–Crippen LogP) is 3.41. The average Bonchev–Trinajstić information content (AvgIpc) is 2.76. The molecule has 18 heavy (non-hydrogen) atoms. The van der Waals surface area contributed by atoms with E-state index < -0.39 is 0 Å². The van der Waals surface area contributed by atoms with Crippen molar-refractivity contribution in [2.24, 2.45) is 0 Å². The molecular formula is C14H14N2OS. The molecule has 1 aromatic carbocycles. The third kappa shape index (κ3) is 3.53. The van der Waals surface area contributed by atoms with Gasteiger partial charge in [0.25, 0.3) is 0 Å². The summed E-state index contributed by atoms with van der Waals surface area (Å²) in [6.07, 6.45) is 3.21. The highest BCUT2D eigenvalue weighted by atomic mass is 32.1. The second-order valence-corrected chi connectivity index (χ2v) is 5.04. The number of nitrogens with one attached hydrogen (secondary N) is 1. The van der Waals surface area contributed by atoms with Gasteiger partial charge >= 0.3 is 0 Å². The summed E-state index contributed by atoms with van der Waals surface area (Å²) in [5.41, 5.74) is 2.78. The predicted molar refractivity (Wildman–Crippen MR) is 75.7 cm³/mol. The van der Waals surface area contributed by atoms with Crippen molar-refractivity contribution < 1.29 is 4.79 Å². The molecule has 2 aromatic rings. The van der Waals surface area contributed by atoms with E-state index in [4.69, 9.17) is 0 Å². The first-order chi connectivity index (χ1) is 8.63. The highest BCUT2D eigenvalue weighted by molar-refractivity contribution is 7.09. The Hall–Kier alpha value is -1.94. The maximum Gasteiger partial charge on any atom is 0.248 e. The highest BCUT2D eigenvalue weighted by Gasteiger charge is 1.98. The normalized spacial score (nSPS) is 10.8. The third-order valence-corrected chi connectivity index (χ3v) is 3.15. The van der Waals surface area contributed by atoms with Crippen molar-refractivity contribution in [3.63, 3.8) is 0 Å². The SMILES string of the molecule is Cc1ccc(NC(=O)/C=C/c2csc(C)n2)cc1. The molecule has 0 aliphatic heterocycles. The minimum absolute atomic E-state index is 0.149. The summed E-state index contributed by atoms with van der Waals surface area (Å²) in [7, 11) is 0. The molecule has 3 nitrogen and oxygen atoms in total. The smallest absolute Gasteiger partial charge is 0.248 e. The van der Waals surface area contributed by atoms with E-state index in [0.717, 1.165) is 16.4 Å². The first-order valence-corrected chi connectivity index (χ1v) is 6.49. The molecule has 0 spiro atoms. The van der Waals surface area contributed by atoms with Crippen LogP contribution in [-0.4, -0.2) is 10.9 Å². The number of thiazole rings is 1. The van der Waals surface area contributed by atoms with Crippen LogP contribution in [0.25, 0.3) is 6.08 Å². The molecule has 0 aliphatic rings. The van der Waals surface area contributed by atoms with Gasteiger partial charge in [0.2, 0.25) is 5.91 Å². The van der Waals surface area contributed by atoms with Crippen LogP contribution in [0.2, 0.25) is 0 Å². The Morgan fingerprint density at radius 1 is 1.28 bits per heavy atom. The van der Waals surface area contributed by atoms with Gasteiger partial charge in [-0.05, 0) is 32.1 Å². The van der Waals surface area contributed by atoms with Gasteiger partial charge in [0.1, 0.15) is 0 Å². The van der Waals surface area contributed by atoms with Gasteiger partial charge in [0.05, 0.1) is 10.7 Å². The number of nitrogens with zero attached hydrogens (tertiary/aromatic N) is 1. The van der Waals surface area contributed by atoms with Crippen LogP contribution in [0.1, 0.15) is 16.3 Å². The van der Waals surface area contributed by atoms with Gasteiger partial charge in [-0.2, -0.15) is 0 Å². The van der Waals surface area contributed by atoms with E-state index in [1.807, 2.05) is 43.5 Å². The number of benzene rings is 1. The lowest BCUT2D eigenvalue weighted by Gasteiger charge is -2.01. The van der Waals surface area contributed by atoms with E-state index in [1.54, 1.807) is 17.4 Å². The van der Waals surface area contributed by atoms with Crippen LogP contribution in [0.15, 0.2) is 35.7 Å². The first kappa shape index (κ1) is 12.5. The molecular weight excluding hydrogens is 244 g/mol. The lowest BCUT2D eigenvalue weighted by atomic mass is 10.2. The van der Waals surface area contributed by atoms with Crippen LogP contribution in [0, 0.1) is 13.8 Å². The zero-order chi connectivity index (χ0) is 13.0. The van der Waals surface area contributed by atoms with Crippen molar-refractivity contribution in [2.75, 3.05) is 5.32 Å². The number of aryl methyl sites for hydroxylation is 2. The highest BCUT2D eigenvalue weighted by Crippen LogP contribution is 2.10. The molecule has 1 aromatic heterocycles. The van der Waals surface area contributed by atoms with Gasteiger partial charge in [-0.25, -0.2) is 4.98 Å². The molecule has 0 bridgehead atoms. The standard InChI is InChI=1S/C14H14N2OS/c1-10-3-5-12(6-4-10)16-14(17)8-7-13-9-18-11(2)15-13/h3-9H,1-2H3,(H,16,17)/b8-7+. The molecule has 0 saturated carbocycles. The summed E-state index contributed by atoms with van der Waals surface area (Å²) >= 11 is 1.57. The van der Waals surface area contributed by atoms with Crippen LogP contribution < -0.4 is 5.32 Å². The quantitative estimate of drug-likeness (QED) is 0.857. The summed E-state index contributed by atoms with van der Waals surface area (Å²) in [5, 5.41) is 5.71. The number of aromatic nitrogens is 1. The summed E-state index contributed by atoms with van der Waals surface area (Å²) < 4.78 is 0. The molecule has 0 atom stereocenters. The van der Waals surface area contributed by atoms with Gasteiger partial charge < -0.3 is 5.32 Å². The van der Waals surface area contributed by atoms with Gasteiger partial charge in [0, 0.05) is 17.1 Å². The van der Waals surface area contributed by atoms with Crippen molar-refractivity contribution in [3.05, 3.63) is 52.0 Å². The average molecular weight is 258 g/mol. The Balaban J connectivity index is 1.96. The van der Waals surface area contributed by atoms with Crippen LogP contribution >= 0.6 is 11.3 Å². The molecule has 1 amide bonds. The Morgan fingerprint density at radius 2 is 2.00 bits per heavy atom. The molecule has 1 N–H and O–H groups in total. The summed E-state index contributed by atoms with van der Waals surface area (Å²) in [4.78, 5) is 15.9. The number of anilines is 1. The van der Waals surface area contributed by atoms with Gasteiger partial charge in [-0.15, -0.1) is 11.3 Å². The number of carbonyl (C=O) groups is 1. The zero-order valence-electron chi connectivity index (χ0n) is 10.3. The summed E-state index contributed by atoms with van der Waals surface area (Å²) in [6.45, 7) is 3.95. The maximum atomic E-state index is 11.7. The van der Waals surface area contributed by atoms with E-state index in [9.17, 15) is 4.79 Å². The number of hydrogen-bond donors (Lipinski definition) is 1. The third-order valence-electron chi connectivity index (χ3n) is 2.36. The van der Waals surface area contributed by atoms with E-state index >= 15 is 0 Å². The second kappa shape index (κ2) is 5.60. The largest absolute Gasteiger partial charge is 0.323 e. The first-order valence-electron chi connectivity index (χ1n) is 5.61. The van der Waals surface area contributed by atoms with Crippen molar-refractivity contribution in [3.8, 4) is 0 Å². The summed E-state index contributed by atoms with van der Waals surface area (Å²) in [5.74, 6) is -0.149. The van der Waals surface area contributed by atoms with Crippen LogP contribution in [-0.2, 0) is 4.79 Å². The molecule has 0 saturated heterocycles. The number of hydrogen-bond acceptors (Lipinski definition) is 3. The number of carbonyl (C=O) groups excluding carboxylic acids is 1. The Bertz CT molecular complexity index is 570. The van der Waals surface area contributed by atoms with Crippen molar-refractivity contribution in [1.29, 1.82) is 0 Å².